The molecule has 1 amide bonds. The van der Waals surface area contributed by atoms with E-state index in [9.17, 15) is 4.79 Å². The molecule has 2 nitrogen and oxygen atoms in total. The lowest BCUT2D eigenvalue weighted by Gasteiger charge is -2.38. The third kappa shape index (κ3) is 1.97. The van der Waals surface area contributed by atoms with Crippen molar-refractivity contribution in [2.45, 2.75) is 0 Å². The molecule has 0 spiro atoms. The molecule has 0 aliphatic carbocycles. The SMILES string of the molecule is O=C(c1ccc2ccccc2c1)N1CC(CCl)C1. The Morgan fingerprint density at radius 3 is 2.61 bits per heavy atom. The molecule has 0 bridgehead atoms. The van der Waals surface area contributed by atoms with Gasteiger partial charge in [-0.15, -0.1) is 11.6 Å². The second kappa shape index (κ2) is 4.62. The van der Waals surface area contributed by atoms with E-state index in [4.69, 9.17) is 11.6 Å². The molecule has 1 aliphatic heterocycles. The minimum absolute atomic E-state index is 0.113. The number of alkyl halides is 1. The van der Waals surface area contributed by atoms with Crippen molar-refractivity contribution in [1.29, 1.82) is 0 Å². The largest absolute Gasteiger partial charge is 0.338 e. The molecule has 2 aromatic carbocycles. The first-order chi connectivity index (χ1) is 8.78. The molecule has 0 N–H and O–H groups in total. The van der Waals surface area contributed by atoms with Crippen LogP contribution < -0.4 is 0 Å². The maximum absolute atomic E-state index is 12.2. The fourth-order valence-electron chi connectivity index (χ4n) is 2.34. The van der Waals surface area contributed by atoms with Crippen molar-refractivity contribution in [1.82, 2.24) is 4.90 Å². The second-order valence-corrected chi connectivity index (χ2v) is 5.10. The second-order valence-electron chi connectivity index (χ2n) is 4.79. The Bertz CT molecular complexity index is 590. The van der Waals surface area contributed by atoms with Crippen molar-refractivity contribution in [3.05, 3.63) is 48.0 Å². The van der Waals surface area contributed by atoms with Gasteiger partial charge in [-0.25, -0.2) is 0 Å². The van der Waals surface area contributed by atoms with Gasteiger partial charge in [0.15, 0.2) is 0 Å². The van der Waals surface area contributed by atoms with Crippen LogP contribution in [0.3, 0.4) is 0 Å². The molecular formula is C15H14ClNO. The van der Waals surface area contributed by atoms with Crippen molar-refractivity contribution in [3.63, 3.8) is 0 Å². The average molecular weight is 260 g/mol. The van der Waals surface area contributed by atoms with Gasteiger partial charge in [0.1, 0.15) is 0 Å². The van der Waals surface area contributed by atoms with E-state index in [1.165, 1.54) is 0 Å². The number of carbonyl (C=O) groups is 1. The van der Waals surface area contributed by atoms with Crippen molar-refractivity contribution < 1.29 is 4.79 Å². The quantitative estimate of drug-likeness (QED) is 0.759. The summed E-state index contributed by atoms with van der Waals surface area (Å²) in [5.41, 5.74) is 0.765. The molecule has 2 aromatic rings. The van der Waals surface area contributed by atoms with Gasteiger partial charge in [-0.3, -0.25) is 4.79 Å². The lowest BCUT2D eigenvalue weighted by Crippen LogP contribution is -2.50. The number of nitrogens with zero attached hydrogens (tertiary/aromatic N) is 1. The van der Waals surface area contributed by atoms with Crippen molar-refractivity contribution >= 4 is 28.3 Å². The number of hydrogen-bond donors (Lipinski definition) is 0. The molecule has 1 aliphatic rings. The van der Waals surface area contributed by atoms with Crippen LogP contribution in [0.25, 0.3) is 10.8 Å². The summed E-state index contributed by atoms with van der Waals surface area (Å²) in [5, 5.41) is 2.27. The summed E-state index contributed by atoms with van der Waals surface area (Å²) in [6, 6.07) is 13.9. The van der Waals surface area contributed by atoms with Gasteiger partial charge in [0.2, 0.25) is 0 Å². The maximum atomic E-state index is 12.2. The number of benzene rings is 2. The molecule has 92 valence electrons. The molecule has 1 saturated heterocycles. The minimum Gasteiger partial charge on any atom is -0.338 e. The summed E-state index contributed by atoms with van der Waals surface area (Å²) < 4.78 is 0. The van der Waals surface area contributed by atoms with E-state index in [1.54, 1.807) is 0 Å². The Hall–Kier alpha value is -1.54. The van der Waals surface area contributed by atoms with Gasteiger partial charge in [0, 0.05) is 30.5 Å². The zero-order chi connectivity index (χ0) is 12.5. The topological polar surface area (TPSA) is 20.3 Å². The number of rotatable bonds is 2. The maximum Gasteiger partial charge on any atom is 0.253 e. The molecular weight excluding hydrogens is 246 g/mol. The average Bonchev–Trinajstić information content (AvgIpc) is 2.37. The number of likely N-dealkylation sites (tertiary alicyclic amines) is 1. The Balaban J connectivity index is 1.84. The van der Waals surface area contributed by atoms with E-state index >= 15 is 0 Å². The molecule has 3 rings (SSSR count). The molecule has 18 heavy (non-hydrogen) atoms. The fourth-order valence-corrected chi connectivity index (χ4v) is 2.53. The smallest absolute Gasteiger partial charge is 0.253 e. The predicted molar refractivity (Wildman–Crippen MR) is 74.1 cm³/mol. The van der Waals surface area contributed by atoms with Crippen LogP contribution in [0.2, 0.25) is 0 Å². The first-order valence-electron chi connectivity index (χ1n) is 6.12. The van der Waals surface area contributed by atoms with Crippen molar-refractivity contribution in [2.75, 3.05) is 19.0 Å². The molecule has 0 unspecified atom stereocenters. The molecule has 1 heterocycles. The highest BCUT2D eigenvalue weighted by Gasteiger charge is 2.30. The van der Waals surface area contributed by atoms with E-state index in [0.717, 1.165) is 29.4 Å². The number of hydrogen-bond acceptors (Lipinski definition) is 1. The first kappa shape index (κ1) is 11.5. The summed E-state index contributed by atoms with van der Waals surface area (Å²) in [6.07, 6.45) is 0. The predicted octanol–water partition coefficient (Wildman–Crippen LogP) is 3.15. The van der Waals surface area contributed by atoms with E-state index in [-0.39, 0.29) is 5.91 Å². The van der Waals surface area contributed by atoms with Gasteiger partial charge in [0.05, 0.1) is 0 Å². The normalized spacial score (nSPS) is 15.7. The zero-order valence-corrected chi connectivity index (χ0v) is 10.7. The monoisotopic (exact) mass is 259 g/mol. The van der Waals surface area contributed by atoms with Gasteiger partial charge < -0.3 is 4.90 Å². The minimum atomic E-state index is 0.113. The Kier molecular flexibility index (Phi) is 2.96. The van der Waals surface area contributed by atoms with Gasteiger partial charge in [-0.2, -0.15) is 0 Å². The van der Waals surface area contributed by atoms with Crippen LogP contribution in [0.5, 0.6) is 0 Å². The van der Waals surface area contributed by atoms with Crippen LogP contribution in [0.15, 0.2) is 42.5 Å². The van der Waals surface area contributed by atoms with Crippen molar-refractivity contribution in [2.24, 2.45) is 5.92 Å². The van der Waals surface area contributed by atoms with E-state index in [0.29, 0.717) is 11.8 Å². The molecule has 0 radical (unpaired) electrons. The van der Waals surface area contributed by atoms with Crippen LogP contribution >= 0.6 is 11.6 Å². The zero-order valence-electron chi connectivity index (χ0n) is 9.97. The summed E-state index contributed by atoms with van der Waals surface area (Å²) in [7, 11) is 0. The van der Waals surface area contributed by atoms with Gasteiger partial charge in [-0.05, 0) is 22.9 Å². The summed E-state index contributed by atoms with van der Waals surface area (Å²) in [6.45, 7) is 1.57. The fraction of sp³-hybridized carbons (Fsp3) is 0.267. The molecule has 0 aromatic heterocycles. The van der Waals surface area contributed by atoms with Crippen LogP contribution in [0.4, 0.5) is 0 Å². The number of carbonyl (C=O) groups excluding carboxylic acids is 1. The lowest BCUT2D eigenvalue weighted by atomic mass is 10.00. The Labute approximate surface area is 111 Å². The summed E-state index contributed by atoms with van der Waals surface area (Å²) in [4.78, 5) is 14.1. The lowest BCUT2D eigenvalue weighted by molar-refractivity contribution is 0.0536. The van der Waals surface area contributed by atoms with Crippen LogP contribution in [0.1, 0.15) is 10.4 Å². The number of amides is 1. The van der Waals surface area contributed by atoms with Crippen LogP contribution in [-0.2, 0) is 0 Å². The van der Waals surface area contributed by atoms with Gasteiger partial charge in [0.25, 0.3) is 5.91 Å². The van der Waals surface area contributed by atoms with Crippen molar-refractivity contribution in [3.8, 4) is 0 Å². The molecule has 1 fully saturated rings. The highest BCUT2D eigenvalue weighted by Crippen LogP contribution is 2.22. The van der Waals surface area contributed by atoms with E-state index in [2.05, 4.69) is 6.07 Å². The standard InChI is InChI=1S/C15H14ClNO/c16-8-11-9-17(10-11)15(18)14-6-5-12-3-1-2-4-13(12)7-14/h1-7,11H,8-10H2. The van der Waals surface area contributed by atoms with E-state index < -0.39 is 0 Å². The third-order valence-corrected chi connectivity index (χ3v) is 3.90. The highest BCUT2D eigenvalue weighted by molar-refractivity contribution is 6.18. The van der Waals surface area contributed by atoms with Gasteiger partial charge in [-0.1, -0.05) is 30.3 Å². The summed E-state index contributed by atoms with van der Waals surface area (Å²) in [5.74, 6) is 1.22. The molecule has 3 heteroatoms. The van der Waals surface area contributed by atoms with E-state index in [1.807, 2.05) is 41.3 Å². The number of fused-ring (bicyclic) bond motifs is 1. The molecule has 0 saturated carbocycles. The highest BCUT2D eigenvalue weighted by atomic mass is 35.5. The molecule has 0 atom stereocenters. The van der Waals surface area contributed by atoms with Gasteiger partial charge >= 0.3 is 0 Å². The Morgan fingerprint density at radius 2 is 1.89 bits per heavy atom. The number of halogens is 1. The third-order valence-electron chi connectivity index (χ3n) is 3.46. The summed E-state index contributed by atoms with van der Waals surface area (Å²) >= 11 is 5.76. The van der Waals surface area contributed by atoms with Crippen LogP contribution in [-0.4, -0.2) is 29.8 Å². The van der Waals surface area contributed by atoms with Crippen LogP contribution in [0, 0.1) is 5.92 Å². The first-order valence-corrected chi connectivity index (χ1v) is 6.65. The Morgan fingerprint density at radius 1 is 1.17 bits per heavy atom.